The van der Waals surface area contributed by atoms with Crippen molar-refractivity contribution in [1.82, 2.24) is 0 Å². The second kappa shape index (κ2) is 8.40. The smallest absolute Gasteiger partial charge is 0.343 e. The van der Waals surface area contributed by atoms with Crippen LogP contribution in [0.2, 0.25) is 0 Å². The summed E-state index contributed by atoms with van der Waals surface area (Å²) >= 11 is 1.61. The lowest BCUT2D eigenvalue weighted by Crippen LogP contribution is -2.12. The largest absolute Gasteiger partial charge is 0.459 e. The van der Waals surface area contributed by atoms with Gasteiger partial charge in [0.25, 0.3) is 5.91 Å². The first kappa shape index (κ1) is 17.8. The molecule has 0 aliphatic carbocycles. The predicted octanol–water partition coefficient (Wildman–Crippen LogP) is 4.86. The minimum absolute atomic E-state index is 0.221. The second-order valence-electron chi connectivity index (χ2n) is 5.28. The zero-order chi connectivity index (χ0) is 18.4. The molecule has 26 heavy (non-hydrogen) atoms. The van der Waals surface area contributed by atoms with Crippen molar-refractivity contribution < 1.29 is 18.7 Å². The number of amides is 1. The Labute approximate surface area is 155 Å². The van der Waals surface area contributed by atoms with Crippen molar-refractivity contribution in [3.63, 3.8) is 0 Å². The highest BCUT2D eigenvalue weighted by Gasteiger charge is 2.13. The van der Waals surface area contributed by atoms with Gasteiger partial charge in [-0.2, -0.15) is 0 Å². The molecular formula is C20H17NO4S. The minimum atomic E-state index is -0.446. The fraction of sp³-hybridized carbons (Fsp3) is 0.100. The van der Waals surface area contributed by atoms with Crippen molar-refractivity contribution in [2.75, 3.05) is 11.1 Å². The summed E-state index contributed by atoms with van der Waals surface area (Å²) in [4.78, 5) is 25.2. The van der Waals surface area contributed by atoms with Crippen molar-refractivity contribution in [1.29, 1.82) is 0 Å². The first-order valence-corrected chi connectivity index (χ1v) is 9.05. The number of furan rings is 1. The van der Waals surface area contributed by atoms with Gasteiger partial charge in [-0.25, -0.2) is 4.79 Å². The Morgan fingerprint density at radius 3 is 2.50 bits per heavy atom. The lowest BCUT2D eigenvalue weighted by Gasteiger charge is -2.09. The van der Waals surface area contributed by atoms with Gasteiger partial charge in [-0.05, 0) is 54.3 Å². The number of rotatable bonds is 6. The van der Waals surface area contributed by atoms with E-state index in [4.69, 9.17) is 9.15 Å². The van der Waals surface area contributed by atoms with Gasteiger partial charge in [0.1, 0.15) is 5.75 Å². The van der Waals surface area contributed by atoms with Crippen LogP contribution in [0.3, 0.4) is 0 Å². The molecule has 1 heterocycles. The number of para-hydroxylation sites is 1. The molecule has 0 atom stereocenters. The fourth-order valence-corrected chi connectivity index (χ4v) is 3.00. The molecule has 0 spiro atoms. The Morgan fingerprint density at radius 2 is 1.81 bits per heavy atom. The second-order valence-corrected chi connectivity index (χ2v) is 6.58. The summed E-state index contributed by atoms with van der Waals surface area (Å²) in [5.41, 5.74) is 0.960. The highest BCUT2D eigenvalue weighted by atomic mass is 32.2. The average molecular weight is 367 g/mol. The molecule has 1 aromatic heterocycles. The number of hydrogen-bond acceptors (Lipinski definition) is 5. The molecule has 0 aliphatic heterocycles. The average Bonchev–Trinajstić information content (AvgIpc) is 3.19. The Bertz CT molecular complexity index is 888. The topological polar surface area (TPSA) is 68.5 Å². The van der Waals surface area contributed by atoms with E-state index in [0.717, 1.165) is 10.6 Å². The van der Waals surface area contributed by atoms with Gasteiger partial charge in [-0.1, -0.05) is 19.1 Å². The van der Waals surface area contributed by atoms with E-state index in [0.29, 0.717) is 17.0 Å². The molecule has 0 radical (unpaired) electrons. The van der Waals surface area contributed by atoms with E-state index in [9.17, 15) is 9.59 Å². The molecular weight excluding hydrogens is 350 g/mol. The van der Waals surface area contributed by atoms with Crippen LogP contribution in [-0.2, 0) is 0 Å². The van der Waals surface area contributed by atoms with Gasteiger partial charge in [0.2, 0.25) is 0 Å². The number of carbonyl (C=O) groups excluding carboxylic acids is 2. The van der Waals surface area contributed by atoms with Crippen molar-refractivity contribution >= 4 is 29.3 Å². The highest BCUT2D eigenvalue weighted by molar-refractivity contribution is 7.99. The number of ether oxygens (including phenoxy) is 1. The van der Waals surface area contributed by atoms with Crippen LogP contribution >= 0.6 is 11.8 Å². The first-order valence-electron chi connectivity index (χ1n) is 8.06. The molecule has 0 fully saturated rings. The van der Waals surface area contributed by atoms with Crippen molar-refractivity contribution in [3.8, 4) is 5.75 Å². The summed E-state index contributed by atoms with van der Waals surface area (Å²) in [6, 6.07) is 17.1. The Morgan fingerprint density at radius 1 is 1.04 bits per heavy atom. The molecule has 3 rings (SSSR count). The number of thioether (sulfide) groups is 1. The van der Waals surface area contributed by atoms with E-state index in [1.807, 2.05) is 25.1 Å². The maximum Gasteiger partial charge on any atom is 0.343 e. The molecule has 0 saturated heterocycles. The van der Waals surface area contributed by atoms with Gasteiger partial charge in [0.05, 0.1) is 16.7 Å². The summed E-state index contributed by atoms with van der Waals surface area (Å²) in [7, 11) is 0. The number of benzene rings is 2. The van der Waals surface area contributed by atoms with Crippen molar-refractivity contribution in [2.24, 2.45) is 0 Å². The van der Waals surface area contributed by atoms with Gasteiger partial charge < -0.3 is 14.5 Å². The normalized spacial score (nSPS) is 10.3. The molecule has 6 heteroatoms. The van der Waals surface area contributed by atoms with Crippen LogP contribution < -0.4 is 10.1 Å². The van der Waals surface area contributed by atoms with E-state index in [-0.39, 0.29) is 11.7 Å². The van der Waals surface area contributed by atoms with E-state index in [2.05, 4.69) is 5.32 Å². The number of anilines is 1. The van der Waals surface area contributed by atoms with Crippen molar-refractivity contribution in [2.45, 2.75) is 11.8 Å². The van der Waals surface area contributed by atoms with Crippen LogP contribution in [0.15, 0.2) is 76.2 Å². The molecule has 1 N–H and O–H groups in total. The Balaban J connectivity index is 1.66. The zero-order valence-corrected chi connectivity index (χ0v) is 14.9. The van der Waals surface area contributed by atoms with Crippen LogP contribution in [0.4, 0.5) is 5.69 Å². The number of carbonyl (C=O) groups is 2. The molecule has 2 aromatic carbocycles. The van der Waals surface area contributed by atoms with Gasteiger partial charge in [-0.3, -0.25) is 4.79 Å². The quantitative estimate of drug-likeness (QED) is 0.383. The summed E-state index contributed by atoms with van der Waals surface area (Å²) < 4.78 is 10.5. The lowest BCUT2D eigenvalue weighted by molar-refractivity contribution is 0.0730. The van der Waals surface area contributed by atoms with E-state index >= 15 is 0 Å². The third kappa shape index (κ3) is 4.34. The lowest BCUT2D eigenvalue weighted by atomic mass is 10.2. The van der Waals surface area contributed by atoms with Gasteiger partial charge in [-0.15, -0.1) is 11.8 Å². The fourth-order valence-electron chi connectivity index (χ4n) is 2.26. The summed E-state index contributed by atoms with van der Waals surface area (Å²) in [5.74, 6) is 0.852. The molecule has 132 valence electrons. The summed E-state index contributed by atoms with van der Waals surface area (Å²) in [6.45, 7) is 2.04. The van der Waals surface area contributed by atoms with Crippen LogP contribution in [0.25, 0.3) is 0 Å². The molecule has 1 amide bonds. The SMILES string of the molecule is CCSc1ccccc1OC(=O)c1ccc(NC(=O)c2ccco2)cc1. The number of hydrogen-bond donors (Lipinski definition) is 1. The molecule has 5 nitrogen and oxygen atoms in total. The predicted molar refractivity (Wildman–Crippen MR) is 101 cm³/mol. The van der Waals surface area contributed by atoms with Crippen LogP contribution in [-0.4, -0.2) is 17.6 Å². The molecule has 0 bridgehead atoms. The maximum atomic E-state index is 12.4. The van der Waals surface area contributed by atoms with Gasteiger partial charge in [0, 0.05) is 5.69 Å². The zero-order valence-electron chi connectivity index (χ0n) is 14.1. The van der Waals surface area contributed by atoms with E-state index < -0.39 is 5.97 Å². The summed E-state index contributed by atoms with van der Waals surface area (Å²) in [5, 5.41) is 2.70. The Hall–Kier alpha value is -2.99. The Kier molecular flexibility index (Phi) is 5.76. The van der Waals surface area contributed by atoms with Crippen molar-refractivity contribution in [3.05, 3.63) is 78.3 Å². The maximum absolute atomic E-state index is 12.4. The third-order valence-electron chi connectivity index (χ3n) is 3.48. The highest BCUT2D eigenvalue weighted by Crippen LogP contribution is 2.29. The molecule has 0 unspecified atom stereocenters. The van der Waals surface area contributed by atoms with Crippen LogP contribution in [0.5, 0.6) is 5.75 Å². The molecule has 3 aromatic rings. The van der Waals surface area contributed by atoms with E-state index in [1.165, 1.54) is 6.26 Å². The standard InChI is InChI=1S/C20H17NO4S/c1-2-26-18-8-4-3-6-16(18)25-20(23)14-9-11-15(12-10-14)21-19(22)17-7-5-13-24-17/h3-13H,2H2,1H3,(H,21,22). The first-order chi connectivity index (χ1) is 12.7. The van der Waals surface area contributed by atoms with Crippen LogP contribution in [0, 0.1) is 0 Å². The minimum Gasteiger partial charge on any atom is -0.459 e. The number of nitrogens with one attached hydrogen (secondary N) is 1. The monoisotopic (exact) mass is 367 g/mol. The summed E-state index contributed by atoms with van der Waals surface area (Å²) in [6.07, 6.45) is 1.43. The van der Waals surface area contributed by atoms with Crippen LogP contribution in [0.1, 0.15) is 27.8 Å². The number of esters is 1. The third-order valence-corrected chi connectivity index (χ3v) is 4.41. The molecule has 0 aliphatic rings. The van der Waals surface area contributed by atoms with Gasteiger partial charge >= 0.3 is 5.97 Å². The molecule has 0 saturated carbocycles. The van der Waals surface area contributed by atoms with Gasteiger partial charge in [0.15, 0.2) is 5.76 Å². The van der Waals surface area contributed by atoms with E-state index in [1.54, 1.807) is 54.2 Å².